The van der Waals surface area contributed by atoms with Gasteiger partial charge in [0.15, 0.2) is 0 Å². The number of halogens is 4. The summed E-state index contributed by atoms with van der Waals surface area (Å²) in [7, 11) is -1.61. The summed E-state index contributed by atoms with van der Waals surface area (Å²) in [5.41, 5.74) is 0. The standard InChI is InChI=1S/C5H12N2.BF4/c1-6-3-4-7(2)5-6;2-1(3,4)5/h3-5H2,1-2H3;/q;-1/p+1. The Morgan fingerprint density at radius 1 is 1.25 bits per heavy atom. The lowest BCUT2D eigenvalue weighted by Gasteiger charge is -2.03. The largest absolute Gasteiger partial charge is 0.673 e. The normalized spacial score (nSPS) is 25.0. The van der Waals surface area contributed by atoms with Crippen molar-refractivity contribution in [3.8, 4) is 0 Å². The van der Waals surface area contributed by atoms with Crippen LogP contribution in [0.25, 0.3) is 0 Å². The lowest BCUT2D eigenvalue weighted by atomic mass is 10.3. The van der Waals surface area contributed by atoms with Crippen LogP contribution in [0.1, 0.15) is 0 Å². The minimum absolute atomic E-state index is 1.22. The van der Waals surface area contributed by atoms with Crippen molar-refractivity contribution < 1.29 is 22.2 Å². The van der Waals surface area contributed by atoms with Gasteiger partial charge in [0.25, 0.3) is 0 Å². The third-order valence-corrected chi connectivity index (χ3v) is 1.46. The first-order valence-corrected chi connectivity index (χ1v) is 3.66. The van der Waals surface area contributed by atoms with E-state index in [1.807, 2.05) is 0 Å². The summed E-state index contributed by atoms with van der Waals surface area (Å²) in [5.74, 6) is 0. The molecule has 1 rings (SSSR count). The Morgan fingerprint density at radius 2 is 1.67 bits per heavy atom. The molecule has 0 aromatic heterocycles. The first-order chi connectivity index (χ1) is 5.29. The minimum Gasteiger partial charge on any atom is -0.418 e. The predicted octanol–water partition coefficient (Wildman–Crippen LogP) is -0.296. The van der Waals surface area contributed by atoms with Crippen LogP contribution in [-0.2, 0) is 0 Å². The molecule has 74 valence electrons. The van der Waals surface area contributed by atoms with Crippen LogP contribution in [-0.4, -0.2) is 46.0 Å². The summed E-state index contributed by atoms with van der Waals surface area (Å²) in [6.07, 6.45) is 0. The fraction of sp³-hybridized carbons (Fsp3) is 1.00. The van der Waals surface area contributed by atoms with E-state index < -0.39 is 7.25 Å². The van der Waals surface area contributed by atoms with Gasteiger partial charge >= 0.3 is 7.25 Å². The van der Waals surface area contributed by atoms with Crippen molar-refractivity contribution in [1.29, 1.82) is 0 Å². The summed E-state index contributed by atoms with van der Waals surface area (Å²) in [5, 5.41) is 0. The van der Waals surface area contributed by atoms with Crippen LogP contribution in [0, 0.1) is 0 Å². The number of likely N-dealkylation sites (N-methyl/N-ethyl adjacent to an activating group) is 2. The van der Waals surface area contributed by atoms with E-state index in [1.165, 1.54) is 19.8 Å². The molecule has 1 aliphatic rings. The molecular formula is C5H13BF4N2. The van der Waals surface area contributed by atoms with Crippen molar-refractivity contribution in [2.45, 2.75) is 0 Å². The molecule has 0 radical (unpaired) electrons. The summed E-state index contributed by atoms with van der Waals surface area (Å²) in [4.78, 5) is 3.97. The fourth-order valence-electron chi connectivity index (χ4n) is 1.00. The molecule has 12 heavy (non-hydrogen) atoms. The Labute approximate surface area is 69.2 Å². The maximum absolute atomic E-state index is 9.75. The molecular weight excluding hydrogens is 175 g/mol. The fourth-order valence-corrected chi connectivity index (χ4v) is 1.00. The zero-order valence-corrected chi connectivity index (χ0v) is 7.16. The van der Waals surface area contributed by atoms with Gasteiger partial charge in [0.05, 0.1) is 20.1 Å². The smallest absolute Gasteiger partial charge is 0.418 e. The Hall–Kier alpha value is -0.295. The van der Waals surface area contributed by atoms with Gasteiger partial charge in [-0.1, -0.05) is 0 Å². The number of nitrogens with one attached hydrogen (secondary N) is 1. The van der Waals surface area contributed by atoms with E-state index in [4.69, 9.17) is 0 Å². The van der Waals surface area contributed by atoms with E-state index in [0.29, 0.717) is 0 Å². The number of hydrogen-bond donors (Lipinski definition) is 1. The van der Waals surface area contributed by atoms with Gasteiger partial charge in [-0.3, -0.25) is 4.90 Å². The molecule has 0 saturated carbocycles. The van der Waals surface area contributed by atoms with Crippen molar-refractivity contribution in [3.05, 3.63) is 0 Å². The number of hydrogen-bond acceptors (Lipinski definition) is 1. The SMILES string of the molecule is CN1CC[NH+](C)C1.F[B-](F)(F)F. The molecule has 1 unspecified atom stereocenters. The molecule has 0 amide bonds. The molecule has 0 aromatic carbocycles. The van der Waals surface area contributed by atoms with E-state index in [0.717, 1.165) is 0 Å². The first-order valence-electron chi connectivity index (χ1n) is 3.66. The van der Waals surface area contributed by atoms with E-state index >= 15 is 0 Å². The zero-order valence-electron chi connectivity index (χ0n) is 7.16. The average molecular weight is 188 g/mol. The Morgan fingerprint density at radius 3 is 1.75 bits per heavy atom. The molecule has 1 fully saturated rings. The maximum Gasteiger partial charge on any atom is 0.673 e. The highest BCUT2D eigenvalue weighted by Crippen LogP contribution is 2.06. The summed E-state index contributed by atoms with van der Waals surface area (Å²) >= 11 is 0. The topological polar surface area (TPSA) is 7.68 Å². The molecule has 1 saturated heterocycles. The second kappa shape index (κ2) is 4.66. The van der Waals surface area contributed by atoms with Crippen LogP contribution in [0.15, 0.2) is 0 Å². The monoisotopic (exact) mass is 188 g/mol. The summed E-state index contributed by atoms with van der Waals surface area (Å²) < 4.78 is 39.0. The third-order valence-electron chi connectivity index (χ3n) is 1.46. The van der Waals surface area contributed by atoms with Gasteiger partial charge < -0.3 is 22.2 Å². The van der Waals surface area contributed by atoms with Crippen molar-refractivity contribution in [1.82, 2.24) is 4.90 Å². The van der Waals surface area contributed by atoms with Gasteiger partial charge in [0.2, 0.25) is 0 Å². The Balaban J connectivity index is 0.000000217. The molecule has 2 nitrogen and oxygen atoms in total. The summed E-state index contributed by atoms with van der Waals surface area (Å²) in [6.45, 7) is 3.81. The van der Waals surface area contributed by atoms with Gasteiger partial charge in [0.1, 0.15) is 6.67 Å². The van der Waals surface area contributed by atoms with Crippen LogP contribution < -0.4 is 4.90 Å². The van der Waals surface area contributed by atoms with E-state index in [2.05, 4.69) is 19.0 Å². The van der Waals surface area contributed by atoms with Gasteiger partial charge in [-0.05, 0) is 7.05 Å². The van der Waals surface area contributed by atoms with Crippen LogP contribution in [0.5, 0.6) is 0 Å². The van der Waals surface area contributed by atoms with Crippen molar-refractivity contribution in [2.24, 2.45) is 0 Å². The highest BCUT2D eigenvalue weighted by Gasteiger charge is 2.20. The van der Waals surface area contributed by atoms with Crippen molar-refractivity contribution in [2.75, 3.05) is 33.9 Å². The van der Waals surface area contributed by atoms with Gasteiger partial charge in [-0.2, -0.15) is 0 Å². The summed E-state index contributed by atoms with van der Waals surface area (Å²) in [6, 6.07) is 0. The van der Waals surface area contributed by atoms with Crippen LogP contribution in [0.4, 0.5) is 17.3 Å². The Kier molecular flexibility index (Phi) is 4.55. The number of rotatable bonds is 0. The molecule has 0 bridgehead atoms. The molecule has 1 N–H and O–H groups in total. The van der Waals surface area contributed by atoms with Gasteiger partial charge in [0, 0.05) is 0 Å². The third kappa shape index (κ3) is 9.70. The highest BCUT2D eigenvalue weighted by atomic mass is 19.5. The molecule has 1 atom stereocenters. The molecule has 0 aromatic rings. The molecule has 0 aliphatic carbocycles. The predicted molar refractivity (Wildman–Crippen MR) is 39.4 cm³/mol. The van der Waals surface area contributed by atoms with Crippen molar-refractivity contribution >= 4 is 7.25 Å². The molecule has 7 heteroatoms. The first kappa shape index (κ1) is 11.7. The number of quaternary nitrogens is 1. The molecule has 1 aliphatic heterocycles. The molecule has 0 spiro atoms. The highest BCUT2D eigenvalue weighted by molar-refractivity contribution is 6.50. The Bertz CT molecular complexity index is 115. The van der Waals surface area contributed by atoms with E-state index in [9.17, 15) is 17.3 Å². The minimum atomic E-state index is -6.00. The second-order valence-electron chi connectivity index (χ2n) is 2.94. The van der Waals surface area contributed by atoms with Crippen LogP contribution in [0.2, 0.25) is 0 Å². The van der Waals surface area contributed by atoms with Crippen LogP contribution >= 0.6 is 0 Å². The molecule has 1 heterocycles. The lowest BCUT2D eigenvalue weighted by Crippen LogP contribution is -3.07. The average Bonchev–Trinajstić information content (AvgIpc) is 2.09. The van der Waals surface area contributed by atoms with E-state index in [-0.39, 0.29) is 0 Å². The second-order valence-corrected chi connectivity index (χ2v) is 2.94. The van der Waals surface area contributed by atoms with Crippen molar-refractivity contribution in [3.63, 3.8) is 0 Å². The quantitative estimate of drug-likeness (QED) is 0.405. The number of nitrogens with zero attached hydrogens (tertiary/aromatic N) is 1. The van der Waals surface area contributed by atoms with Crippen LogP contribution in [0.3, 0.4) is 0 Å². The zero-order chi connectivity index (χ0) is 9.78. The van der Waals surface area contributed by atoms with E-state index in [1.54, 1.807) is 4.90 Å². The van der Waals surface area contributed by atoms with Gasteiger partial charge in [-0.25, -0.2) is 0 Å². The van der Waals surface area contributed by atoms with Gasteiger partial charge in [-0.15, -0.1) is 0 Å². The maximum atomic E-state index is 9.75. The lowest BCUT2D eigenvalue weighted by molar-refractivity contribution is -0.870.